The molecular weight excluding hydrogens is 485 g/mol. The topological polar surface area (TPSA) is 103 Å². The van der Waals surface area contributed by atoms with E-state index in [0.717, 1.165) is 24.1 Å². The lowest BCUT2D eigenvalue weighted by molar-refractivity contribution is 0.171. The second-order valence-electron chi connectivity index (χ2n) is 7.96. The number of nitrogens with one attached hydrogen (secondary N) is 3. The van der Waals surface area contributed by atoms with Gasteiger partial charge in [0.2, 0.25) is 10.0 Å². The summed E-state index contributed by atoms with van der Waals surface area (Å²) in [6.45, 7) is 1.23. The number of H-pyrrole nitrogens is 1. The van der Waals surface area contributed by atoms with E-state index in [9.17, 15) is 13.5 Å². The first kappa shape index (κ1) is 25.8. The monoisotopic (exact) mass is 513 g/mol. The van der Waals surface area contributed by atoms with Gasteiger partial charge in [0.05, 0.1) is 11.1 Å². The summed E-state index contributed by atoms with van der Waals surface area (Å²) in [5, 5.41) is 15.0. The fourth-order valence-electron chi connectivity index (χ4n) is 4.12. The minimum atomic E-state index is -3.70. The van der Waals surface area contributed by atoms with E-state index < -0.39 is 16.1 Å². The zero-order valence-corrected chi connectivity index (χ0v) is 20.7. The molecule has 1 atom stereocenters. The Morgan fingerprint density at radius 2 is 1.97 bits per heavy atom. The molecule has 7 nitrogen and oxygen atoms in total. The number of benzene rings is 2. The first-order valence-electron chi connectivity index (χ1n) is 10.8. The molecule has 0 amide bonds. The number of hydrogen-bond acceptors (Lipinski definition) is 5. The summed E-state index contributed by atoms with van der Waals surface area (Å²) in [5.74, 6) is 0.804. The molecule has 1 aromatic heterocycles. The van der Waals surface area contributed by atoms with Gasteiger partial charge in [-0.05, 0) is 68.1 Å². The molecule has 4 N–H and O–H groups in total. The number of sulfonamides is 1. The van der Waals surface area contributed by atoms with Gasteiger partial charge in [0, 0.05) is 35.8 Å². The average Bonchev–Trinajstić information content (AvgIpc) is 3.16. The number of hydrogen-bond donors (Lipinski definition) is 4. The number of aromatic nitrogens is 1. The highest BCUT2D eigenvalue weighted by molar-refractivity contribution is 7.89. The van der Waals surface area contributed by atoms with Crippen molar-refractivity contribution >= 4 is 44.9 Å². The molecule has 0 fully saturated rings. The molecule has 4 rings (SSSR count). The lowest BCUT2D eigenvalue weighted by Gasteiger charge is -2.15. The summed E-state index contributed by atoms with van der Waals surface area (Å²) in [6.07, 6.45) is 3.86. The predicted octanol–water partition coefficient (Wildman–Crippen LogP) is 3.73. The van der Waals surface area contributed by atoms with Gasteiger partial charge < -0.3 is 20.1 Å². The van der Waals surface area contributed by atoms with Crippen molar-refractivity contribution in [1.29, 1.82) is 0 Å². The maximum atomic E-state index is 12.1. The Morgan fingerprint density at radius 3 is 2.76 bits per heavy atom. The van der Waals surface area contributed by atoms with Gasteiger partial charge in [0.1, 0.15) is 17.3 Å². The minimum absolute atomic E-state index is 0. The fraction of sp³-hybridized carbons (Fsp3) is 0.391. The molecule has 0 aliphatic heterocycles. The molecule has 3 aromatic rings. The fourth-order valence-corrected chi connectivity index (χ4v) is 5.38. The zero-order chi connectivity index (χ0) is 22.7. The van der Waals surface area contributed by atoms with Crippen molar-refractivity contribution in [2.75, 3.05) is 26.7 Å². The van der Waals surface area contributed by atoms with E-state index in [2.05, 4.69) is 21.1 Å². The molecule has 0 saturated carbocycles. The van der Waals surface area contributed by atoms with Crippen molar-refractivity contribution < 1.29 is 18.3 Å². The van der Waals surface area contributed by atoms with Gasteiger partial charge in [-0.3, -0.25) is 0 Å². The highest BCUT2D eigenvalue weighted by atomic mass is 35.5. The number of fused-ring (bicyclic) bond motifs is 3. The Morgan fingerprint density at radius 1 is 1.18 bits per heavy atom. The molecule has 2 aromatic carbocycles. The van der Waals surface area contributed by atoms with Gasteiger partial charge in [-0.2, -0.15) is 0 Å². The van der Waals surface area contributed by atoms with Crippen molar-refractivity contribution in [3.8, 4) is 5.75 Å². The first-order valence-corrected chi connectivity index (χ1v) is 12.6. The summed E-state index contributed by atoms with van der Waals surface area (Å²) in [6, 6.07) is 10.6. The van der Waals surface area contributed by atoms with Crippen LogP contribution in [0.25, 0.3) is 10.9 Å². The van der Waals surface area contributed by atoms with Crippen molar-refractivity contribution in [2.24, 2.45) is 0 Å². The maximum Gasteiger partial charge on any atom is 0.241 e. The molecule has 0 unspecified atom stereocenters. The van der Waals surface area contributed by atoms with Gasteiger partial charge in [0.25, 0.3) is 0 Å². The van der Waals surface area contributed by atoms with Crippen LogP contribution in [0.4, 0.5) is 0 Å². The van der Waals surface area contributed by atoms with E-state index in [1.54, 1.807) is 6.07 Å². The van der Waals surface area contributed by atoms with Crippen LogP contribution in [0.1, 0.15) is 35.8 Å². The molecule has 10 heteroatoms. The second-order valence-corrected chi connectivity index (χ2v) is 10.2. The van der Waals surface area contributed by atoms with Crippen molar-refractivity contribution in [3.63, 3.8) is 0 Å². The van der Waals surface area contributed by atoms with Crippen LogP contribution < -0.4 is 14.8 Å². The highest BCUT2D eigenvalue weighted by Crippen LogP contribution is 2.31. The number of aliphatic hydroxyl groups is 1. The van der Waals surface area contributed by atoms with E-state index in [1.807, 2.05) is 12.1 Å². The van der Waals surface area contributed by atoms with Crippen LogP contribution in [0.15, 0.2) is 41.3 Å². The quantitative estimate of drug-likeness (QED) is 0.326. The summed E-state index contributed by atoms with van der Waals surface area (Å²) in [7, 11) is -2.38. The molecule has 1 heterocycles. The zero-order valence-electron chi connectivity index (χ0n) is 18.4. The molecule has 0 radical (unpaired) electrons. The Bertz CT molecular complexity index is 1210. The molecular formula is C23H29Cl2N3O4S. The standard InChI is InChI=1S/C23H28ClN3O4S.ClH/c1-25-32(29,30)23-12-15(6-9-19(23)24)22(28)14-26-10-11-31-16-7-8-18-17-4-2-3-5-20(17)27-21(18)13-16;/h6-9,12-13,22,25-28H,2-5,10-11,14H2,1H3;1H/t22-;/m0./s1. The summed E-state index contributed by atoms with van der Waals surface area (Å²) in [5.41, 5.74) is 4.39. The maximum absolute atomic E-state index is 12.1. The number of aliphatic hydroxyl groups excluding tert-OH is 1. The van der Waals surface area contributed by atoms with Crippen LogP contribution >= 0.6 is 24.0 Å². The Balaban J connectivity index is 0.00000306. The second kappa shape index (κ2) is 11.1. The predicted molar refractivity (Wildman–Crippen MR) is 133 cm³/mol. The van der Waals surface area contributed by atoms with Gasteiger partial charge in [0.15, 0.2) is 0 Å². The van der Waals surface area contributed by atoms with Crippen LogP contribution in [0.2, 0.25) is 5.02 Å². The normalized spacial score (nSPS) is 14.5. The minimum Gasteiger partial charge on any atom is -0.492 e. The molecule has 1 aliphatic rings. The molecule has 180 valence electrons. The van der Waals surface area contributed by atoms with Crippen LogP contribution in [-0.4, -0.2) is 45.3 Å². The van der Waals surface area contributed by atoms with Gasteiger partial charge in [-0.15, -0.1) is 12.4 Å². The van der Waals surface area contributed by atoms with Crippen LogP contribution in [0, 0.1) is 0 Å². The third kappa shape index (κ3) is 5.82. The van der Waals surface area contributed by atoms with Crippen LogP contribution in [-0.2, 0) is 22.9 Å². The smallest absolute Gasteiger partial charge is 0.241 e. The number of ether oxygens (including phenoxy) is 1. The molecule has 1 aliphatic carbocycles. The van der Waals surface area contributed by atoms with Crippen LogP contribution in [0.3, 0.4) is 0 Å². The van der Waals surface area contributed by atoms with E-state index in [1.165, 1.54) is 48.7 Å². The number of rotatable bonds is 9. The van der Waals surface area contributed by atoms with Gasteiger partial charge >= 0.3 is 0 Å². The number of halogens is 2. The third-order valence-electron chi connectivity index (χ3n) is 5.85. The highest BCUT2D eigenvalue weighted by Gasteiger charge is 2.19. The lowest BCUT2D eigenvalue weighted by atomic mass is 9.96. The molecule has 33 heavy (non-hydrogen) atoms. The van der Waals surface area contributed by atoms with Gasteiger partial charge in [-0.1, -0.05) is 17.7 Å². The van der Waals surface area contributed by atoms with Crippen molar-refractivity contribution in [3.05, 3.63) is 58.2 Å². The summed E-state index contributed by atoms with van der Waals surface area (Å²) in [4.78, 5) is 3.48. The van der Waals surface area contributed by atoms with E-state index >= 15 is 0 Å². The molecule has 0 bridgehead atoms. The van der Waals surface area contributed by atoms with Crippen molar-refractivity contribution in [2.45, 2.75) is 36.7 Å². The Hall–Kier alpha value is -1.81. The average molecular weight is 514 g/mol. The molecule has 0 saturated heterocycles. The summed E-state index contributed by atoms with van der Waals surface area (Å²) < 4.78 is 32.2. The number of aromatic amines is 1. The number of aryl methyl sites for hydroxylation is 2. The summed E-state index contributed by atoms with van der Waals surface area (Å²) >= 11 is 6.00. The SMILES string of the molecule is CNS(=O)(=O)c1cc([C@@H](O)CNCCOc2ccc3c4c([nH]c3c2)CCCC4)ccc1Cl.Cl. The third-order valence-corrected chi connectivity index (χ3v) is 7.75. The van der Waals surface area contributed by atoms with Crippen molar-refractivity contribution in [1.82, 2.24) is 15.0 Å². The lowest BCUT2D eigenvalue weighted by Crippen LogP contribution is -2.26. The molecule has 0 spiro atoms. The van der Waals surface area contributed by atoms with E-state index in [0.29, 0.717) is 18.7 Å². The largest absolute Gasteiger partial charge is 0.492 e. The van der Waals surface area contributed by atoms with E-state index in [4.69, 9.17) is 16.3 Å². The van der Waals surface area contributed by atoms with E-state index in [-0.39, 0.29) is 28.9 Å². The van der Waals surface area contributed by atoms with Crippen LogP contribution in [0.5, 0.6) is 5.75 Å². The Labute approximate surface area is 205 Å². The first-order chi connectivity index (χ1) is 15.4. The van der Waals surface area contributed by atoms with Gasteiger partial charge in [-0.25, -0.2) is 13.1 Å². The Kier molecular flexibility index (Phi) is 8.66.